The van der Waals surface area contributed by atoms with E-state index >= 15 is 0 Å². The minimum atomic E-state index is 0.0177. The van der Waals surface area contributed by atoms with Crippen LogP contribution in [0.1, 0.15) is 35.6 Å². The summed E-state index contributed by atoms with van der Waals surface area (Å²) in [6.45, 7) is 0.779. The molecule has 0 aliphatic rings. The van der Waals surface area contributed by atoms with E-state index in [1.54, 1.807) is 0 Å². The van der Waals surface area contributed by atoms with Crippen molar-refractivity contribution in [3.63, 3.8) is 0 Å². The maximum atomic E-state index is 6.25. The van der Waals surface area contributed by atoms with Crippen LogP contribution < -0.4 is 0 Å². The third-order valence-electron chi connectivity index (χ3n) is 4.19. The highest BCUT2D eigenvalue weighted by Gasteiger charge is 2.13. The number of unbranched alkanes of at least 4 members (excludes halogenated alkanes) is 1. The fraction of sp³-hybridized carbons (Fsp3) is 0.217. The van der Waals surface area contributed by atoms with Crippen LogP contribution in [0.25, 0.3) is 0 Å². The van der Waals surface area contributed by atoms with E-state index in [4.69, 9.17) is 4.74 Å². The van der Waals surface area contributed by atoms with Crippen LogP contribution in [0.15, 0.2) is 91.0 Å². The van der Waals surface area contributed by atoms with Crippen LogP contribution >= 0.6 is 0 Å². The first-order valence-electron chi connectivity index (χ1n) is 8.69. The summed E-state index contributed by atoms with van der Waals surface area (Å²) in [4.78, 5) is 0. The molecule has 0 atom stereocenters. The van der Waals surface area contributed by atoms with E-state index in [-0.39, 0.29) is 6.10 Å². The van der Waals surface area contributed by atoms with Gasteiger partial charge >= 0.3 is 0 Å². The maximum absolute atomic E-state index is 6.25. The molecule has 122 valence electrons. The van der Waals surface area contributed by atoms with Crippen molar-refractivity contribution in [1.29, 1.82) is 0 Å². The third kappa shape index (κ3) is 4.81. The zero-order chi connectivity index (χ0) is 16.5. The van der Waals surface area contributed by atoms with Gasteiger partial charge in [0, 0.05) is 6.61 Å². The molecule has 0 unspecified atom stereocenters. The topological polar surface area (TPSA) is 9.23 Å². The van der Waals surface area contributed by atoms with Gasteiger partial charge in [0.15, 0.2) is 0 Å². The molecule has 0 saturated heterocycles. The van der Waals surface area contributed by atoms with Crippen molar-refractivity contribution in [2.24, 2.45) is 0 Å². The van der Waals surface area contributed by atoms with Crippen molar-refractivity contribution >= 4 is 0 Å². The lowest BCUT2D eigenvalue weighted by atomic mass is 10.0. The molecule has 0 N–H and O–H groups in total. The van der Waals surface area contributed by atoms with Crippen molar-refractivity contribution in [3.05, 3.63) is 108 Å². The van der Waals surface area contributed by atoms with Crippen molar-refractivity contribution < 1.29 is 4.74 Å². The molecule has 0 aromatic heterocycles. The number of benzene rings is 3. The van der Waals surface area contributed by atoms with Gasteiger partial charge in [-0.05, 0) is 36.0 Å². The van der Waals surface area contributed by atoms with Gasteiger partial charge in [-0.2, -0.15) is 0 Å². The zero-order valence-corrected chi connectivity index (χ0v) is 14.0. The summed E-state index contributed by atoms with van der Waals surface area (Å²) >= 11 is 0. The number of ether oxygens (including phenoxy) is 1. The first-order valence-corrected chi connectivity index (χ1v) is 8.69. The highest BCUT2D eigenvalue weighted by atomic mass is 16.5. The molecular weight excluding hydrogens is 292 g/mol. The van der Waals surface area contributed by atoms with Gasteiger partial charge in [-0.25, -0.2) is 0 Å². The standard InChI is InChI=1S/C23H24O/c1-4-12-20(13-5-1)14-10-11-19-24-23(21-15-6-2-7-16-21)22-17-8-3-9-18-22/h1-9,12-13,15-18,23H,10-11,14,19H2. The minimum absolute atomic E-state index is 0.0177. The smallest absolute Gasteiger partial charge is 0.108 e. The number of hydrogen-bond donors (Lipinski definition) is 0. The monoisotopic (exact) mass is 316 g/mol. The fourth-order valence-corrected chi connectivity index (χ4v) is 2.92. The van der Waals surface area contributed by atoms with Crippen molar-refractivity contribution in [3.8, 4) is 0 Å². The highest BCUT2D eigenvalue weighted by molar-refractivity contribution is 5.29. The van der Waals surface area contributed by atoms with Crippen LogP contribution in [-0.2, 0) is 11.2 Å². The molecule has 3 aromatic carbocycles. The number of hydrogen-bond acceptors (Lipinski definition) is 1. The van der Waals surface area contributed by atoms with E-state index in [9.17, 15) is 0 Å². The first kappa shape index (κ1) is 16.5. The predicted molar refractivity (Wildman–Crippen MR) is 100 cm³/mol. The summed E-state index contributed by atoms with van der Waals surface area (Å²) in [6.07, 6.45) is 3.36. The van der Waals surface area contributed by atoms with Crippen LogP contribution in [0, 0.1) is 0 Å². The lowest BCUT2D eigenvalue weighted by Gasteiger charge is -2.19. The Morgan fingerprint density at radius 3 is 1.62 bits per heavy atom. The van der Waals surface area contributed by atoms with Crippen LogP contribution in [0.5, 0.6) is 0 Å². The second kappa shape index (κ2) is 9.05. The Balaban J connectivity index is 1.55. The fourth-order valence-electron chi connectivity index (χ4n) is 2.92. The Hall–Kier alpha value is -2.38. The van der Waals surface area contributed by atoms with E-state index < -0.39 is 0 Å². The van der Waals surface area contributed by atoms with Crippen molar-refractivity contribution in [2.75, 3.05) is 6.61 Å². The van der Waals surface area contributed by atoms with Crippen LogP contribution in [0.4, 0.5) is 0 Å². The van der Waals surface area contributed by atoms with Crippen LogP contribution in [0.3, 0.4) is 0 Å². The number of aryl methyl sites for hydroxylation is 1. The molecule has 0 bridgehead atoms. The van der Waals surface area contributed by atoms with Gasteiger partial charge in [0.05, 0.1) is 0 Å². The molecule has 3 rings (SSSR count). The summed E-state index contributed by atoms with van der Waals surface area (Å²) in [5, 5.41) is 0. The van der Waals surface area contributed by atoms with E-state index in [1.165, 1.54) is 16.7 Å². The molecule has 3 aromatic rings. The second-order valence-corrected chi connectivity index (χ2v) is 6.01. The van der Waals surface area contributed by atoms with E-state index in [1.807, 2.05) is 12.1 Å². The third-order valence-corrected chi connectivity index (χ3v) is 4.19. The van der Waals surface area contributed by atoms with E-state index in [0.29, 0.717) is 0 Å². The summed E-state index contributed by atoms with van der Waals surface area (Å²) in [5.41, 5.74) is 3.83. The molecule has 0 aliphatic heterocycles. The normalized spacial score (nSPS) is 10.9. The molecule has 0 saturated carbocycles. The molecule has 24 heavy (non-hydrogen) atoms. The SMILES string of the molecule is c1ccc(CCCCOC(c2ccccc2)c2ccccc2)cc1. The van der Waals surface area contributed by atoms with Crippen LogP contribution in [0.2, 0.25) is 0 Å². The first-order chi connectivity index (χ1) is 11.9. The van der Waals surface area contributed by atoms with Gasteiger partial charge in [-0.1, -0.05) is 91.0 Å². The van der Waals surface area contributed by atoms with Crippen molar-refractivity contribution in [2.45, 2.75) is 25.4 Å². The molecule has 0 radical (unpaired) electrons. The molecule has 1 heteroatoms. The Bertz CT molecular complexity index is 652. The molecular formula is C23H24O. The molecule has 0 spiro atoms. The zero-order valence-electron chi connectivity index (χ0n) is 14.0. The minimum Gasteiger partial charge on any atom is -0.369 e. The van der Waals surface area contributed by atoms with Gasteiger partial charge in [0.2, 0.25) is 0 Å². The summed E-state index contributed by atoms with van der Waals surface area (Å²) in [5.74, 6) is 0. The molecule has 0 heterocycles. The average molecular weight is 316 g/mol. The average Bonchev–Trinajstić information content (AvgIpc) is 2.67. The molecule has 1 nitrogen and oxygen atoms in total. The lowest BCUT2D eigenvalue weighted by molar-refractivity contribution is 0.0772. The quantitative estimate of drug-likeness (QED) is 0.476. The van der Waals surface area contributed by atoms with E-state index in [0.717, 1.165) is 25.9 Å². The predicted octanol–water partition coefficient (Wildman–Crippen LogP) is 5.82. The number of rotatable bonds is 8. The van der Waals surface area contributed by atoms with Crippen molar-refractivity contribution in [1.82, 2.24) is 0 Å². The Morgan fingerprint density at radius 2 is 1.08 bits per heavy atom. The molecule has 0 aliphatic carbocycles. The van der Waals surface area contributed by atoms with Gasteiger partial charge in [0.25, 0.3) is 0 Å². The Labute approximate surface area is 144 Å². The van der Waals surface area contributed by atoms with Crippen LogP contribution in [-0.4, -0.2) is 6.61 Å². The second-order valence-electron chi connectivity index (χ2n) is 6.01. The lowest BCUT2D eigenvalue weighted by Crippen LogP contribution is -2.07. The summed E-state index contributed by atoms with van der Waals surface area (Å²) in [7, 11) is 0. The summed E-state index contributed by atoms with van der Waals surface area (Å²) < 4.78 is 6.25. The maximum Gasteiger partial charge on any atom is 0.108 e. The van der Waals surface area contributed by atoms with Gasteiger partial charge in [-0.15, -0.1) is 0 Å². The largest absolute Gasteiger partial charge is 0.369 e. The van der Waals surface area contributed by atoms with E-state index in [2.05, 4.69) is 78.9 Å². The van der Waals surface area contributed by atoms with Gasteiger partial charge in [0.1, 0.15) is 6.10 Å². The Morgan fingerprint density at radius 1 is 0.583 bits per heavy atom. The Kier molecular flexibility index (Phi) is 6.21. The van der Waals surface area contributed by atoms with Gasteiger partial charge in [-0.3, -0.25) is 0 Å². The molecule has 0 amide bonds. The molecule has 0 fully saturated rings. The highest BCUT2D eigenvalue weighted by Crippen LogP contribution is 2.26. The van der Waals surface area contributed by atoms with Gasteiger partial charge < -0.3 is 4.74 Å². The summed E-state index contributed by atoms with van der Waals surface area (Å²) in [6, 6.07) is 31.6.